The quantitative estimate of drug-likeness (QED) is 0.527. The van der Waals surface area contributed by atoms with Gasteiger partial charge in [-0.25, -0.2) is 0 Å². The highest BCUT2D eigenvalue weighted by Crippen LogP contribution is 2.30. The lowest BCUT2D eigenvalue weighted by atomic mass is 10.1. The number of aromatic nitrogens is 6. The molecule has 0 aliphatic rings. The van der Waals surface area contributed by atoms with Crippen LogP contribution in [-0.2, 0) is 0 Å². The molecule has 0 radical (unpaired) electrons. The van der Waals surface area contributed by atoms with Crippen molar-refractivity contribution in [3.8, 4) is 28.3 Å². The van der Waals surface area contributed by atoms with E-state index in [0.717, 1.165) is 16.8 Å². The van der Waals surface area contributed by atoms with Crippen LogP contribution in [0.3, 0.4) is 0 Å². The van der Waals surface area contributed by atoms with Crippen molar-refractivity contribution in [1.82, 2.24) is 30.2 Å². The van der Waals surface area contributed by atoms with Gasteiger partial charge in [0.15, 0.2) is 0 Å². The molecule has 0 saturated carbocycles. The largest absolute Gasteiger partial charge is 0.262 e. The second-order valence-electron chi connectivity index (χ2n) is 5.25. The van der Waals surface area contributed by atoms with Gasteiger partial charge in [0.1, 0.15) is 11.4 Å². The summed E-state index contributed by atoms with van der Waals surface area (Å²) in [6, 6.07) is 15.8. The molecule has 0 atom stereocenters. The highest BCUT2D eigenvalue weighted by Gasteiger charge is 2.10. The lowest BCUT2D eigenvalue weighted by Gasteiger charge is -2.08. The Kier molecular flexibility index (Phi) is 4.22. The Morgan fingerprint density at radius 2 is 1.88 bits per heavy atom. The molecule has 0 spiro atoms. The number of hydrogen-bond donors (Lipinski definition) is 0. The van der Waals surface area contributed by atoms with E-state index in [1.807, 2.05) is 42.6 Å². The fourth-order valence-corrected chi connectivity index (χ4v) is 3.11. The number of benzene rings is 1. The van der Waals surface area contributed by atoms with Crippen LogP contribution in [0.1, 0.15) is 0 Å². The van der Waals surface area contributed by atoms with Gasteiger partial charge in [0.25, 0.3) is 0 Å². The fourth-order valence-electron chi connectivity index (χ4n) is 2.49. The molecule has 122 valence electrons. The number of hydrogen-bond acceptors (Lipinski definition) is 6. The molecule has 0 saturated heterocycles. The van der Waals surface area contributed by atoms with Gasteiger partial charge < -0.3 is 0 Å². The van der Waals surface area contributed by atoms with Crippen molar-refractivity contribution >= 4 is 11.8 Å². The Hall–Kier alpha value is -3.06. The molecule has 0 N–H and O–H groups in total. The third-order valence-corrected chi connectivity index (χ3v) is 4.48. The maximum Gasteiger partial charge on any atom is 0.223 e. The Morgan fingerprint density at radius 1 is 1.00 bits per heavy atom. The first-order valence-electron chi connectivity index (χ1n) is 7.65. The van der Waals surface area contributed by atoms with E-state index in [9.17, 15) is 0 Å². The van der Waals surface area contributed by atoms with Crippen molar-refractivity contribution in [2.45, 2.75) is 4.90 Å². The van der Waals surface area contributed by atoms with Crippen molar-refractivity contribution in [3.05, 3.63) is 67.1 Å². The molecule has 0 bridgehead atoms. The first-order valence-corrected chi connectivity index (χ1v) is 8.88. The van der Waals surface area contributed by atoms with Gasteiger partial charge in [-0.15, -0.1) is 26.8 Å². The predicted octanol–water partition coefficient (Wildman–Crippen LogP) is 3.51. The Balaban J connectivity index is 1.72. The number of thioether (sulfide) groups is 1. The van der Waals surface area contributed by atoms with Gasteiger partial charge in [-0.3, -0.25) is 9.97 Å². The second-order valence-corrected chi connectivity index (χ2v) is 6.10. The van der Waals surface area contributed by atoms with Crippen molar-refractivity contribution in [2.24, 2.45) is 0 Å². The van der Waals surface area contributed by atoms with Crippen LogP contribution in [0.2, 0.25) is 0 Å². The zero-order chi connectivity index (χ0) is 17.1. The van der Waals surface area contributed by atoms with E-state index >= 15 is 0 Å². The Bertz CT molecular complexity index is 999. The first-order chi connectivity index (χ1) is 12.3. The minimum atomic E-state index is 0.482. The smallest absolute Gasteiger partial charge is 0.223 e. The molecule has 7 heteroatoms. The zero-order valence-corrected chi connectivity index (χ0v) is 14.3. The Morgan fingerprint density at radius 3 is 2.72 bits per heavy atom. The molecule has 3 aromatic heterocycles. The van der Waals surface area contributed by atoms with Crippen LogP contribution >= 0.6 is 11.8 Å². The summed E-state index contributed by atoms with van der Waals surface area (Å²) in [5.74, 6) is 0.482. The van der Waals surface area contributed by atoms with Crippen molar-refractivity contribution < 1.29 is 0 Å². The van der Waals surface area contributed by atoms with Gasteiger partial charge in [-0.1, -0.05) is 24.3 Å². The van der Waals surface area contributed by atoms with Crippen LogP contribution in [0.25, 0.3) is 28.3 Å². The van der Waals surface area contributed by atoms with Crippen molar-refractivity contribution in [2.75, 3.05) is 6.26 Å². The van der Waals surface area contributed by atoms with Crippen LogP contribution in [0.15, 0.2) is 72.0 Å². The summed E-state index contributed by atoms with van der Waals surface area (Å²) in [6.45, 7) is 0. The number of rotatable bonds is 4. The van der Waals surface area contributed by atoms with E-state index in [2.05, 4.69) is 43.8 Å². The summed E-state index contributed by atoms with van der Waals surface area (Å²) in [5.41, 5.74) is 3.59. The van der Waals surface area contributed by atoms with E-state index in [1.165, 1.54) is 9.69 Å². The average Bonchev–Trinajstić information content (AvgIpc) is 3.19. The van der Waals surface area contributed by atoms with Gasteiger partial charge in [0, 0.05) is 22.9 Å². The van der Waals surface area contributed by atoms with Gasteiger partial charge >= 0.3 is 0 Å². The molecule has 1 aromatic carbocycles. The second kappa shape index (κ2) is 6.82. The standard InChI is InChI=1S/C18H14N6S/c1-25-17-8-3-2-6-15(17)13-10-14(12-19-11-13)24-22-18(21-23-24)16-7-4-5-9-20-16/h2-12H,1H3. The molecule has 6 nitrogen and oxygen atoms in total. The summed E-state index contributed by atoms with van der Waals surface area (Å²) in [4.78, 5) is 11.3. The maximum atomic E-state index is 4.41. The van der Waals surface area contributed by atoms with Crippen LogP contribution in [-0.4, -0.2) is 36.4 Å². The summed E-state index contributed by atoms with van der Waals surface area (Å²) >= 11 is 1.71. The third kappa shape index (κ3) is 3.14. The third-order valence-electron chi connectivity index (χ3n) is 3.68. The summed E-state index contributed by atoms with van der Waals surface area (Å²) < 4.78 is 0. The van der Waals surface area contributed by atoms with E-state index in [1.54, 1.807) is 24.2 Å². The normalized spacial score (nSPS) is 10.8. The summed E-state index contributed by atoms with van der Waals surface area (Å²) in [7, 11) is 0. The molecule has 0 unspecified atom stereocenters. The fraction of sp³-hybridized carbons (Fsp3) is 0.0556. The maximum absolute atomic E-state index is 4.41. The number of tetrazole rings is 1. The molecular formula is C18H14N6S. The highest BCUT2D eigenvalue weighted by atomic mass is 32.2. The van der Waals surface area contributed by atoms with Crippen LogP contribution < -0.4 is 0 Å². The Labute approximate surface area is 149 Å². The SMILES string of the molecule is CSc1ccccc1-c1cncc(-n2nnc(-c3ccccn3)n2)c1. The summed E-state index contributed by atoms with van der Waals surface area (Å²) in [6.07, 6.45) is 7.33. The molecule has 0 amide bonds. The number of nitrogens with zero attached hydrogens (tertiary/aromatic N) is 6. The predicted molar refractivity (Wildman–Crippen MR) is 97.4 cm³/mol. The van der Waals surface area contributed by atoms with E-state index in [4.69, 9.17) is 0 Å². The van der Waals surface area contributed by atoms with Crippen molar-refractivity contribution in [1.29, 1.82) is 0 Å². The van der Waals surface area contributed by atoms with E-state index < -0.39 is 0 Å². The van der Waals surface area contributed by atoms with E-state index in [0.29, 0.717) is 11.5 Å². The van der Waals surface area contributed by atoms with Gasteiger partial charge in [-0.2, -0.15) is 0 Å². The first kappa shape index (κ1) is 15.5. The lowest BCUT2D eigenvalue weighted by molar-refractivity contribution is 0.717. The minimum absolute atomic E-state index is 0.482. The van der Waals surface area contributed by atoms with Crippen LogP contribution in [0.5, 0.6) is 0 Å². The number of pyridine rings is 2. The highest BCUT2D eigenvalue weighted by molar-refractivity contribution is 7.98. The molecular weight excluding hydrogens is 332 g/mol. The van der Waals surface area contributed by atoms with Crippen molar-refractivity contribution in [3.63, 3.8) is 0 Å². The van der Waals surface area contributed by atoms with E-state index in [-0.39, 0.29) is 0 Å². The topological polar surface area (TPSA) is 69.4 Å². The summed E-state index contributed by atoms with van der Waals surface area (Å²) in [5, 5.41) is 12.6. The van der Waals surface area contributed by atoms with Crippen LogP contribution in [0, 0.1) is 0 Å². The average molecular weight is 346 g/mol. The van der Waals surface area contributed by atoms with Gasteiger partial charge in [0.05, 0.1) is 6.20 Å². The lowest BCUT2D eigenvalue weighted by Crippen LogP contribution is -2.00. The molecule has 4 rings (SSSR count). The molecule has 0 aliphatic carbocycles. The van der Waals surface area contributed by atoms with Gasteiger partial charge in [0.2, 0.25) is 5.82 Å². The molecule has 3 heterocycles. The molecule has 25 heavy (non-hydrogen) atoms. The molecule has 4 aromatic rings. The molecule has 0 aliphatic heterocycles. The monoisotopic (exact) mass is 346 g/mol. The minimum Gasteiger partial charge on any atom is -0.262 e. The zero-order valence-electron chi connectivity index (χ0n) is 13.4. The molecule has 0 fully saturated rings. The van der Waals surface area contributed by atoms with Gasteiger partial charge in [-0.05, 0) is 41.3 Å². The van der Waals surface area contributed by atoms with Crippen LogP contribution in [0.4, 0.5) is 0 Å².